The Balaban J connectivity index is 0. The third kappa shape index (κ3) is 10.2. The fourth-order valence-corrected chi connectivity index (χ4v) is 1.87. The lowest BCUT2D eigenvalue weighted by atomic mass is 9.84. The number of nitrogens with one attached hydrogen (secondary N) is 1. The molecule has 0 rings (SSSR count). The zero-order valence-electron chi connectivity index (χ0n) is 11.0. The first-order valence-corrected chi connectivity index (χ1v) is 5.84. The van der Waals surface area contributed by atoms with Gasteiger partial charge in [0.25, 0.3) is 0 Å². The highest BCUT2D eigenvalue weighted by molar-refractivity contribution is 5.85. The molecule has 0 unspecified atom stereocenters. The monoisotopic (exact) mass is 250 g/mol. The van der Waals surface area contributed by atoms with Gasteiger partial charge in [-0.25, -0.2) is 0 Å². The summed E-state index contributed by atoms with van der Waals surface area (Å²) < 4.78 is 0. The van der Waals surface area contributed by atoms with Gasteiger partial charge in [-0.1, -0.05) is 27.7 Å². The number of halogens is 1. The van der Waals surface area contributed by atoms with Crippen LogP contribution in [-0.2, 0) is 4.79 Å². The number of carbonyl (C=O) groups excluding carboxylic acids is 1. The largest absolute Gasteiger partial charge is 0.356 e. The lowest BCUT2D eigenvalue weighted by Gasteiger charge is -2.26. The molecule has 98 valence electrons. The van der Waals surface area contributed by atoms with Crippen molar-refractivity contribution in [3.05, 3.63) is 0 Å². The van der Waals surface area contributed by atoms with Crippen LogP contribution in [0.15, 0.2) is 0 Å². The molecule has 0 spiro atoms. The quantitative estimate of drug-likeness (QED) is 0.729. The normalized spacial score (nSPS) is 11.1. The maximum Gasteiger partial charge on any atom is 0.220 e. The summed E-state index contributed by atoms with van der Waals surface area (Å²) in [5.41, 5.74) is 5.53. The third-order valence-electron chi connectivity index (χ3n) is 2.33. The van der Waals surface area contributed by atoms with Crippen molar-refractivity contribution in [2.24, 2.45) is 17.1 Å². The Kier molecular flexibility index (Phi) is 9.98. The molecule has 0 atom stereocenters. The highest BCUT2D eigenvalue weighted by Crippen LogP contribution is 2.23. The van der Waals surface area contributed by atoms with Crippen LogP contribution in [-0.4, -0.2) is 19.0 Å². The highest BCUT2D eigenvalue weighted by Gasteiger charge is 2.19. The van der Waals surface area contributed by atoms with E-state index >= 15 is 0 Å². The molecule has 0 aliphatic carbocycles. The van der Waals surface area contributed by atoms with Gasteiger partial charge in [-0.3, -0.25) is 4.79 Å². The number of hydrogen-bond acceptors (Lipinski definition) is 2. The number of carbonyl (C=O) groups is 1. The number of rotatable bonds is 7. The Morgan fingerprint density at radius 1 is 1.38 bits per heavy atom. The van der Waals surface area contributed by atoms with Crippen molar-refractivity contribution in [3.63, 3.8) is 0 Å². The van der Waals surface area contributed by atoms with E-state index in [4.69, 9.17) is 5.73 Å². The topological polar surface area (TPSA) is 55.1 Å². The van der Waals surface area contributed by atoms with Crippen LogP contribution >= 0.6 is 12.4 Å². The summed E-state index contributed by atoms with van der Waals surface area (Å²) in [6, 6.07) is 0. The standard InChI is InChI=1S/C12H26N2O.ClH/c1-10(2)8-12(3,4)9-14-11(15)6-5-7-13;/h10H,5-9,13H2,1-4H3,(H,14,15);1H. The van der Waals surface area contributed by atoms with E-state index in [1.807, 2.05) is 0 Å². The Morgan fingerprint density at radius 2 is 1.94 bits per heavy atom. The van der Waals surface area contributed by atoms with Gasteiger partial charge in [-0.05, 0) is 30.7 Å². The van der Waals surface area contributed by atoms with Crippen molar-refractivity contribution >= 4 is 18.3 Å². The molecule has 0 fully saturated rings. The average molecular weight is 251 g/mol. The first kappa shape index (κ1) is 18.1. The van der Waals surface area contributed by atoms with E-state index < -0.39 is 0 Å². The van der Waals surface area contributed by atoms with Crippen molar-refractivity contribution in [1.29, 1.82) is 0 Å². The van der Waals surface area contributed by atoms with E-state index in [2.05, 4.69) is 33.0 Å². The summed E-state index contributed by atoms with van der Waals surface area (Å²) in [6.45, 7) is 10.1. The second kappa shape index (κ2) is 8.82. The molecular weight excluding hydrogens is 224 g/mol. The van der Waals surface area contributed by atoms with Gasteiger partial charge in [-0.2, -0.15) is 0 Å². The summed E-state index contributed by atoms with van der Waals surface area (Å²) in [5, 5.41) is 2.97. The molecule has 16 heavy (non-hydrogen) atoms. The molecular formula is C12H27ClN2O. The SMILES string of the molecule is CC(C)CC(C)(C)CNC(=O)CCCN.Cl. The van der Waals surface area contributed by atoms with Crippen molar-refractivity contribution in [2.45, 2.75) is 47.0 Å². The minimum Gasteiger partial charge on any atom is -0.356 e. The van der Waals surface area contributed by atoms with Crippen LogP contribution in [0.2, 0.25) is 0 Å². The van der Waals surface area contributed by atoms with Gasteiger partial charge in [0.2, 0.25) is 5.91 Å². The molecule has 3 N–H and O–H groups in total. The molecule has 0 saturated carbocycles. The first-order chi connectivity index (χ1) is 6.87. The summed E-state index contributed by atoms with van der Waals surface area (Å²) in [4.78, 5) is 11.4. The third-order valence-corrected chi connectivity index (χ3v) is 2.33. The van der Waals surface area contributed by atoms with Crippen LogP contribution in [0.3, 0.4) is 0 Å². The predicted octanol–water partition coefficient (Wildman–Crippen LogP) is 2.34. The molecule has 0 aromatic carbocycles. The molecule has 3 nitrogen and oxygen atoms in total. The smallest absolute Gasteiger partial charge is 0.220 e. The molecule has 0 bridgehead atoms. The molecule has 0 aliphatic heterocycles. The summed E-state index contributed by atoms with van der Waals surface area (Å²) in [5.74, 6) is 0.790. The first-order valence-electron chi connectivity index (χ1n) is 5.84. The molecule has 1 amide bonds. The zero-order valence-corrected chi connectivity index (χ0v) is 11.8. The van der Waals surface area contributed by atoms with Crippen LogP contribution in [0.5, 0.6) is 0 Å². The van der Waals surface area contributed by atoms with E-state index in [0.717, 1.165) is 19.4 Å². The second-order valence-electron chi connectivity index (χ2n) is 5.43. The summed E-state index contributed by atoms with van der Waals surface area (Å²) in [7, 11) is 0. The van der Waals surface area contributed by atoms with Gasteiger partial charge < -0.3 is 11.1 Å². The molecule has 0 aromatic rings. The average Bonchev–Trinajstić information content (AvgIpc) is 2.09. The van der Waals surface area contributed by atoms with Crippen LogP contribution in [0.4, 0.5) is 0 Å². The fourth-order valence-electron chi connectivity index (χ4n) is 1.87. The molecule has 0 heterocycles. The minimum absolute atomic E-state index is 0. The lowest BCUT2D eigenvalue weighted by Crippen LogP contribution is -2.34. The zero-order chi connectivity index (χ0) is 11.9. The van der Waals surface area contributed by atoms with E-state index in [1.165, 1.54) is 0 Å². The minimum atomic E-state index is 0. The lowest BCUT2D eigenvalue weighted by molar-refractivity contribution is -0.121. The molecule has 0 aliphatic rings. The van der Waals surface area contributed by atoms with Crippen LogP contribution in [0.25, 0.3) is 0 Å². The van der Waals surface area contributed by atoms with Gasteiger partial charge in [0.15, 0.2) is 0 Å². The van der Waals surface area contributed by atoms with Crippen LogP contribution in [0.1, 0.15) is 47.0 Å². The molecule has 0 aromatic heterocycles. The van der Waals surface area contributed by atoms with Gasteiger partial charge in [0, 0.05) is 13.0 Å². The number of amides is 1. The Labute approximate surface area is 106 Å². The second-order valence-corrected chi connectivity index (χ2v) is 5.43. The molecule has 0 radical (unpaired) electrons. The van der Waals surface area contributed by atoms with Gasteiger partial charge in [0.1, 0.15) is 0 Å². The number of hydrogen-bond donors (Lipinski definition) is 2. The van der Waals surface area contributed by atoms with Crippen molar-refractivity contribution in [3.8, 4) is 0 Å². The Hall–Kier alpha value is -0.280. The van der Waals surface area contributed by atoms with Crippen LogP contribution < -0.4 is 11.1 Å². The summed E-state index contributed by atoms with van der Waals surface area (Å²) >= 11 is 0. The predicted molar refractivity (Wildman–Crippen MR) is 71.8 cm³/mol. The van der Waals surface area contributed by atoms with E-state index in [9.17, 15) is 4.79 Å². The van der Waals surface area contributed by atoms with Crippen LogP contribution in [0, 0.1) is 11.3 Å². The number of nitrogens with two attached hydrogens (primary N) is 1. The fraction of sp³-hybridized carbons (Fsp3) is 0.917. The van der Waals surface area contributed by atoms with E-state index in [-0.39, 0.29) is 23.7 Å². The van der Waals surface area contributed by atoms with Crippen molar-refractivity contribution in [2.75, 3.05) is 13.1 Å². The van der Waals surface area contributed by atoms with Crippen molar-refractivity contribution < 1.29 is 4.79 Å². The van der Waals surface area contributed by atoms with E-state index in [0.29, 0.717) is 18.9 Å². The van der Waals surface area contributed by atoms with Crippen molar-refractivity contribution in [1.82, 2.24) is 5.32 Å². The van der Waals surface area contributed by atoms with Gasteiger partial charge >= 0.3 is 0 Å². The molecule has 0 saturated heterocycles. The maximum atomic E-state index is 11.4. The Morgan fingerprint density at radius 3 is 2.38 bits per heavy atom. The Bertz CT molecular complexity index is 193. The van der Waals surface area contributed by atoms with Gasteiger partial charge in [0.05, 0.1) is 0 Å². The molecule has 4 heteroatoms. The van der Waals surface area contributed by atoms with Gasteiger partial charge in [-0.15, -0.1) is 12.4 Å². The van der Waals surface area contributed by atoms with E-state index in [1.54, 1.807) is 0 Å². The summed E-state index contributed by atoms with van der Waals surface area (Å²) in [6.07, 6.45) is 2.45. The highest BCUT2D eigenvalue weighted by atomic mass is 35.5. The maximum absolute atomic E-state index is 11.4.